The van der Waals surface area contributed by atoms with Crippen molar-refractivity contribution >= 4 is 11.6 Å². The summed E-state index contributed by atoms with van der Waals surface area (Å²) >= 11 is 0. The zero-order valence-corrected chi connectivity index (χ0v) is 12.5. The Balaban J connectivity index is 2.02. The Morgan fingerprint density at radius 3 is 2.90 bits per heavy atom. The van der Waals surface area contributed by atoms with Crippen LogP contribution in [0.1, 0.15) is 25.8 Å². The van der Waals surface area contributed by atoms with E-state index in [0.29, 0.717) is 6.54 Å². The Morgan fingerprint density at radius 1 is 1.43 bits per heavy atom. The van der Waals surface area contributed by atoms with Gasteiger partial charge in [-0.15, -0.1) is 0 Å². The third kappa shape index (κ3) is 4.16. The fraction of sp³-hybridized carbons (Fsp3) is 0.375. The number of hydrogen-bond donors (Lipinski definition) is 2. The number of aromatic nitrogens is 2. The van der Waals surface area contributed by atoms with Gasteiger partial charge in [-0.3, -0.25) is 9.48 Å². The normalized spacial score (nSPS) is 13.7. The van der Waals surface area contributed by atoms with Crippen molar-refractivity contribution < 1.29 is 4.79 Å². The summed E-state index contributed by atoms with van der Waals surface area (Å²) in [6.45, 7) is 4.69. The maximum atomic E-state index is 12.1. The van der Waals surface area contributed by atoms with E-state index in [0.717, 1.165) is 17.7 Å². The first-order valence-electron chi connectivity index (χ1n) is 7.23. The molecule has 0 saturated carbocycles. The quantitative estimate of drug-likeness (QED) is 0.855. The van der Waals surface area contributed by atoms with Crippen molar-refractivity contribution in [2.75, 3.05) is 5.32 Å². The molecule has 3 N–H and O–H groups in total. The molecule has 0 saturated heterocycles. The molecule has 2 unspecified atom stereocenters. The number of hydrogen-bond acceptors (Lipinski definition) is 3. The minimum absolute atomic E-state index is 0.138. The lowest BCUT2D eigenvalue weighted by atomic mass is 9.99. The van der Waals surface area contributed by atoms with Crippen LogP contribution in [0, 0.1) is 5.92 Å². The Morgan fingerprint density at radius 2 is 2.24 bits per heavy atom. The second-order valence-electron chi connectivity index (χ2n) is 5.30. The number of carbonyl (C=O) groups is 1. The molecule has 0 bridgehead atoms. The maximum absolute atomic E-state index is 12.1. The SMILES string of the molecule is CCC(C)C(N)C(=O)Nc1cccc(Cn2cccn2)c1. The summed E-state index contributed by atoms with van der Waals surface area (Å²) in [4.78, 5) is 12.1. The van der Waals surface area contributed by atoms with Gasteiger partial charge in [0.2, 0.25) is 5.91 Å². The molecule has 1 heterocycles. The van der Waals surface area contributed by atoms with Crippen LogP contribution in [0.25, 0.3) is 0 Å². The van der Waals surface area contributed by atoms with Crippen molar-refractivity contribution in [3.63, 3.8) is 0 Å². The van der Waals surface area contributed by atoms with Gasteiger partial charge in [0, 0.05) is 18.1 Å². The first-order valence-corrected chi connectivity index (χ1v) is 7.23. The van der Waals surface area contributed by atoms with Crippen LogP contribution in [0.3, 0.4) is 0 Å². The summed E-state index contributed by atoms with van der Waals surface area (Å²) in [5.74, 6) is 0.0258. The molecule has 5 nitrogen and oxygen atoms in total. The van der Waals surface area contributed by atoms with Gasteiger partial charge in [-0.2, -0.15) is 5.10 Å². The highest BCUT2D eigenvalue weighted by atomic mass is 16.2. The molecule has 1 aromatic heterocycles. The average Bonchev–Trinajstić information content (AvgIpc) is 2.98. The summed E-state index contributed by atoms with van der Waals surface area (Å²) < 4.78 is 1.84. The third-order valence-corrected chi connectivity index (χ3v) is 3.66. The highest BCUT2D eigenvalue weighted by Crippen LogP contribution is 2.14. The second-order valence-corrected chi connectivity index (χ2v) is 5.30. The number of nitrogens with one attached hydrogen (secondary N) is 1. The van der Waals surface area contributed by atoms with Gasteiger partial charge in [0.25, 0.3) is 0 Å². The van der Waals surface area contributed by atoms with Crippen molar-refractivity contribution in [3.05, 3.63) is 48.3 Å². The number of benzene rings is 1. The largest absolute Gasteiger partial charge is 0.325 e. The predicted molar refractivity (Wildman–Crippen MR) is 83.8 cm³/mol. The Hall–Kier alpha value is -2.14. The molecule has 0 radical (unpaired) electrons. The summed E-state index contributed by atoms with van der Waals surface area (Å²) in [6, 6.07) is 9.15. The van der Waals surface area contributed by atoms with Crippen molar-refractivity contribution in [1.29, 1.82) is 0 Å². The van der Waals surface area contributed by atoms with Crippen molar-refractivity contribution in [1.82, 2.24) is 9.78 Å². The van der Waals surface area contributed by atoms with Gasteiger partial charge in [0.05, 0.1) is 12.6 Å². The fourth-order valence-corrected chi connectivity index (χ4v) is 2.07. The van der Waals surface area contributed by atoms with Gasteiger partial charge in [0.15, 0.2) is 0 Å². The average molecular weight is 286 g/mol. The summed E-state index contributed by atoms with van der Waals surface area (Å²) in [5, 5.41) is 7.06. The van der Waals surface area contributed by atoms with E-state index in [4.69, 9.17) is 5.73 Å². The Bertz CT molecular complexity index is 580. The molecular weight excluding hydrogens is 264 g/mol. The molecule has 0 aliphatic carbocycles. The van der Waals surface area contributed by atoms with Crippen molar-refractivity contribution in [2.24, 2.45) is 11.7 Å². The van der Waals surface area contributed by atoms with E-state index in [2.05, 4.69) is 10.4 Å². The molecule has 112 valence electrons. The first-order chi connectivity index (χ1) is 10.1. The van der Waals surface area contributed by atoms with E-state index in [1.165, 1.54) is 0 Å². The predicted octanol–water partition coefficient (Wildman–Crippen LogP) is 2.24. The van der Waals surface area contributed by atoms with Crippen molar-refractivity contribution in [2.45, 2.75) is 32.9 Å². The number of amides is 1. The van der Waals surface area contributed by atoms with E-state index < -0.39 is 6.04 Å². The lowest BCUT2D eigenvalue weighted by Crippen LogP contribution is -2.40. The molecule has 1 amide bonds. The lowest BCUT2D eigenvalue weighted by molar-refractivity contribution is -0.118. The van der Waals surface area contributed by atoms with Crippen LogP contribution in [0.4, 0.5) is 5.69 Å². The van der Waals surface area contributed by atoms with E-state index in [-0.39, 0.29) is 11.8 Å². The minimum atomic E-state index is -0.482. The molecule has 21 heavy (non-hydrogen) atoms. The van der Waals surface area contributed by atoms with Gasteiger partial charge in [0.1, 0.15) is 0 Å². The monoisotopic (exact) mass is 286 g/mol. The van der Waals surface area contributed by atoms with Crippen LogP contribution in [-0.2, 0) is 11.3 Å². The number of nitrogens with zero attached hydrogens (tertiary/aromatic N) is 2. The number of rotatable bonds is 6. The van der Waals surface area contributed by atoms with Crippen LogP contribution in [0.15, 0.2) is 42.7 Å². The van der Waals surface area contributed by atoms with Gasteiger partial charge < -0.3 is 11.1 Å². The third-order valence-electron chi connectivity index (χ3n) is 3.66. The standard InChI is InChI=1S/C16H22N4O/c1-3-12(2)15(17)16(21)19-14-7-4-6-13(10-14)11-20-9-5-8-18-20/h4-10,12,15H,3,11,17H2,1-2H3,(H,19,21). The Labute approximate surface area is 125 Å². The maximum Gasteiger partial charge on any atom is 0.241 e. The molecule has 0 aliphatic heterocycles. The van der Waals surface area contributed by atoms with Crippen LogP contribution in [0.5, 0.6) is 0 Å². The molecule has 0 fully saturated rings. The van der Waals surface area contributed by atoms with E-state index in [9.17, 15) is 4.79 Å². The van der Waals surface area contributed by atoms with Gasteiger partial charge in [-0.05, 0) is 29.7 Å². The van der Waals surface area contributed by atoms with E-state index in [1.54, 1.807) is 6.20 Å². The van der Waals surface area contributed by atoms with Gasteiger partial charge in [-0.1, -0.05) is 32.4 Å². The zero-order valence-electron chi connectivity index (χ0n) is 12.5. The van der Waals surface area contributed by atoms with Crippen LogP contribution >= 0.6 is 0 Å². The molecule has 2 atom stereocenters. The summed E-state index contributed by atoms with van der Waals surface area (Å²) in [5.41, 5.74) is 7.79. The molecule has 2 rings (SSSR count). The van der Waals surface area contributed by atoms with Crippen LogP contribution in [-0.4, -0.2) is 21.7 Å². The molecule has 0 spiro atoms. The van der Waals surface area contributed by atoms with Crippen LogP contribution < -0.4 is 11.1 Å². The second kappa shape index (κ2) is 7.04. The first kappa shape index (κ1) is 15.3. The summed E-state index contributed by atoms with van der Waals surface area (Å²) in [6.07, 6.45) is 4.54. The Kier molecular flexibility index (Phi) is 5.11. The number of nitrogens with two attached hydrogens (primary N) is 1. The van der Waals surface area contributed by atoms with Crippen LogP contribution in [0.2, 0.25) is 0 Å². The van der Waals surface area contributed by atoms with Gasteiger partial charge >= 0.3 is 0 Å². The molecular formula is C16H22N4O. The molecule has 0 aliphatic rings. The lowest BCUT2D eigenvalue weighted by Gasteiger charge is -2.18. The van der Waals surface area contributed by atoms with E-state index in [1.807, 2.05) is 55.1 Å². The minimum Gasteiger partial charge on any atom is -0.325 e. The highest BCUT2D eigenvalue weighted by molar-refractivity contribution is 5.94. The molecule has 2 aromatic rings. The zero-order chi connectivity index (χ0) is 15.2. The smallest absolute Gasteiger partial charge is 0.241 e. The van der Waals surface area contributed by atoms with Gasteiger partial charge in [-0.25, -0.2) is 0 Å². The highest BCUT2D eigenvalue weighted by Gasteiger charge is 2.19. The topological polar surface area (TPSA) is 72.9 Å². The van der Waals surface area contributed by atoms with E-state index >= 15 is 0 Å². The number of anilines is 1. The molecule has 1 aromatic carbocycles. The fourth-order valence-electron chi connectivity index (χ4n) is 2.07. The number of carbonyl (C=O) groups excluding carboxylic acids is 1. The van der Waals surface area contributed by atoms with Crippen molar-refractivity contribution in [3.8, 4) is 0 Å². The summed E-state index contributed by atoms with van der Waals surface area (Å²) in [7, 11) is 0. The molecule has 5 heteroatoms.